The average molecular weight is 352 g/mol. The third kappa shape index (κ3) is 5.75. The van der Waals surface area contributed by atoms with Crippen LogP contribution in [0.2, 0.25) is 0 Å². The second-order valence-corrected chi connectivity index (χ2v) is 7.41. The van der Waals surface area contributed by atoms with Gasteiger partial charge in [-0.05, 0) is 42.7 Å². The molecule has 1 aliphatic carbocycles. The quantitative estimate of drug-likeness (QED) is 0.553. The van der Waals surface area contributed by atoms with Gasteiger partial charge in [0.05, 0.1) is 0 Å². The van der Waals surface area contributed by atoms with E-state index in [4.69, 9.17) is 0 Å². The summed E-state index contributed by atoms with van der Waals surface area (Å²) in [6, 6.07) is 9.58. The smallest absolute Gasteiger partial charge is 0.0210 e. The highest BCUT2D eigenvalue weighted by molar-refractivity contribution is 9.10. The fourth-order valence-corrected chi connectivity index (χ4v) is 3.72. The van der Waals surface area contributed by atoms with Crippen LogP contribution >= 0.6 is 15.9 Å². The first-order valence-corrected chi connectivity index (χ1v) is 9.51. The Labute approximate surface area is 139 Å². The molecule has 0 aliphatic heterocycles. The Bertz CT molecular complexity index is 414. The third-order valence-electron chi connectivity index (χ3n) is 4.74. The van der Waals surface area contributed by atoms with Crippen LogP contribution in [0.4, 0.5) is 0 Å². The SMILES string of the molecule is CCCCC(CC)CC(CNC1CC1)c1ccccc1Br. The number of unbranched alkanes of at least 4 members (excludes halogenated alkanes) is 1. The highest BCUT2D eigenvalue weighted by atomic mass is 79.9. The van der Waals surface area contributed by atoms with Gasteiger partial charge in [-0.1, -0.05) is 73.7 Å². The Morgan fingerprint density at radius 2 is 2.00 bits per heavy atom. The summed E-state index contributed by atoms with van der Waals surface area (Å²) in [6.07, 6.45) is 9.44. The molecule has 0 bridgehead atoms. The van der Waals surface area contributed by atoms with Gasteiger partial charge in [-0.2, -0.15) is 0 Å². The summed E-state index contributed by atoms with van der Waals surface area (Å²) >= 11 is 3.76. The molecule has 2 rings (SSSR count). The van der Waals surface area contributed by atoms with Gasteiger partial charge in [0.15, 0.2) is 0 Å². The Morgan fingerprint density at radius 3 is 2.62 bits per heavy atom. The van der Waals surface area contributed by atoms with Crippen LogP contribution in [-0.2, 0) is 0 Å². The summed E-state index contributed by atoms with van der Waals surface area (Å²) in [5.41, 5.74) is 1.49. The lowest BCUT2D eigenvalue weighted by Crippen LogP contribution is -2.25. The summed E-state index contributed by atoms with van der Waals surface area (Å²) < 4.78 is 1.28. The van der Waals surface area contributed by atoms with E-state index < -0.39 is 0 Å². The summed E-state index contributed by atoms with van der Waals surface area (Å²) in [6.45, 7) is 5.79. The highest BCUT2D eigenvalue weighted by Gasteiger charge is 2.24. The fourth-order valence-electron chi connectivity index (χ4n) is 3.11. The van der Waals surface area contributed by atoms with E-state index in [1.165, 1.54) is 55.0 Å². The van der Waals surface area contributed by atoms with Gasteiger partial charge in [0.1, 0.15) is 0 Å². The molecule has 1 aromatic carbocycles. The summed E-state index contributed by atoms with van der Waals surface area (Å²) in [4.78, 5) is 0. The largest absolute Gasteiger partial charge is 0.313 e. The zero-order valence-electron chi connectivity index (χ0n) is 13.6. The van der Waals surface area contributed by atoms with Crippen LogP contribution < -0.4 is 5.32 Å². The minimum absolute atomic E-state index is 0.642. The van der Waals surface area contributed by atoms with Gasteiger partial charge in [-0.25, -0.2) is 0 Å². The molecule has 2 atom stereocenters. The minimum atomic E-state index is 0.642. The Morgan fingerprint density at radius 1 is 1.24 bits per heavy atom. The molecular weight excluding hydrogens is 322 g/mol. The van der Waals surface area contributed by atoms with E-state index in [1.807, 2.05) is 0 Å². The van der Waals surface area contributed by atoms with Crippen molar-refractivity contribution in [3.63, 3.8) is 0 Å². The van der Waals surface area contributed by atoms with Crippen LogP contribution in [0, 0.1) is 5.92 Å². The number of hydrogen-bond donors (Lipinski definition) is 1. The van der Waals surface area contributed by atoms with Crippen LogP contribution in [-0.4, -0.2) is 12.6 Å². The molecule has 1 nitrogen and oxygen atoms in total. The van der Waals surface area contributed by atoms with Crippen molar-refractivity contribution in [1.29, 1.82) is 0 Å². The highest BCUT2D eigenvalue weighted by Crippen LogP contribution is 2.33. The van der Waals surface area contributed by atoms with E-state index in [2.05, 4.69) is 59.4 Å². The first kappa shape index (κ1) is 17.0. The van der Waals surface area contributed by atoms with Crippen LogP contribution in [0.3, 0.4) is 0 Å². The predicted octanol–water partition coefficient (Wildman–Crippen LogP) is 5.89. The molecule has 2 unspecified atom stereocenters. The molecule has 1 aliphatic rings. The van der Waals surface area contributed by atoms with Crippen molar-refractivity contribution in [2.75, 3.05) is 6.54 Å². The fraction of sp³-hybridized carbons (Fsp3) is 0.684. The lowest BCUT2D eigenvalue weighted by atomic mass is 9.85. The van der Waals surface area contributed by atoms with Crippen molar-refractivity contribution in [3.05, 3.63) is 34.3 Å². The van der Waals surface area contributed by atoms with E-state index >= 15 is 0 Å². The third-order valence-corrected chi connectivity index (χ3v) is 5.46. The van der Waals surface area contributed by atoms with Gasteiger partial charge in [0.25, 0.3) is 0 Å². The molecule has 2 heteroatoms. The van der Waals surface area contributed by atoms with Gasteiger partial charge in [0.2, 0.25) is 0 Å². The first-order chi connectivity index (χ1) is 10.2. The molecule has 118 valence electrons. The van der Waals surface area contributed by atoms with E-state index in [9.17, 15) is 0 Å². The van der Waals surface area contributed by atoms with Gasteiger partial charge in [-0.15, -0.1) is 0 Å². The van der Waals surface area contributed by atoms with Gasteiger partial charge >= 0.3 is 0 Å². The first-order valence-electron chi connectivity index (χ1n) is 8.72. The Hall–Kier alpha value is -0.340. The lowest BCUT2D eigenvalue weighted by Gasteiger charge is -2.24. The van der Waals surface area contributed by atoms with Gasteiger partial charge in [-0.3, -0.25) is 0 Å². The zero-order chi connectivity index (χ0) is 15.1. The molecule has 1 N–H and O–H groups in total. The molecule has 1 aromatic rings. The summed E-state index contributed by atoms with van der Waals surface area (Å²) in [5.74, 6) is 1.51. The minimum Gasteiger partial charge on any atom is -0.313 e. The van der Waals surface area contributed by atoms with Crippen molar-refractivity contribution in [1.82, 2.24) is 5.32 Å². The van der Waals surface area contributed by atoms with Crippen LogP contribution in [0.1, 0.15) is 70.3 Å². The van der Waals surface area contributed by atoms with Crippen LogP contribution in [0.15, 0.2) is 28.7 Å². The maximum atomic E-state index is 3.76. The number of rotatable bonds is 10. The zero-order valence-corrected chi connectivity index (χ0v) is 15.2. The number of benzene rings is 1. The molecule has 0 saturated heterocycles. The van der Waals surface area contributed by atoms with Crippen molar-refractivity contribution in [2.45, 2.75) is 70.8 Å². The summed E-state index contributed by atoms with van der Waals surface area (Å²) in [5, 5.41) is 3.75. The van der Waals surface area contributed by atoms with Crippen LogP contribution in [0.25, 0.3) is 0 Å². The topological polar surface area (TPSA) is 12.0 Å². The van der Waals surface area contributed by atoms with Crippen molar-refractivity contribution in [2.24, 2.45) is 5.92 Å². The molecule has 0 radical (unpaired) electrons. The molecule has 0 aromatic heterocycles. The normalized spacial score (nSPS) is 17.7. The Balaban J connectivity index is 2.01. The molecule has 0 amide bonds. The van der Waals surface area contributed by atoms with Crippen molar-refractivity contribution >= 4 is 15.9 Å². The predicted molar refractivity (Wildman–Crippen MR) is 95.8 cm³/mol. The van der Waals surface area contributed by atoms with Crippen LogP contribution in [0.5, 0.6) is 0 Å². The second kappa shape index (κ2) is 8.95. The average Bonchev–Trinajstić information content (AvgIpc) is 3.32. The van der Waals surface area contributed by atoms with E-state index in [-0.39, 0.29) is 0 Å². The Kier molecular flexibility index (Phi) is 7.25. The van der Waals surface area contributed by atoms with E-state index in [0.717, 1.165) is 18.5 Å². The number of halogens is 1. The van der Waals surface area contributed by atoms with Crippen molar-refractivity contribution in [3.8, 4) is 0 Å². The number of nitrogens with one attached hydrogen (secondary N) is 1. The molecule has 0 spiro atoms. The van der Waals surface area contributed by atoms with Gasteiger partial charge in [0, 0.05) is 17.1 Å². The molecule has 0 heterocycles. The van der Waals surface area contributed by atoms with E-state index in [1.54, 1.807) is 0 Å². The monoisotopic (exact) mass is 351 g/mol. The maximum absolute atomic E-state index is 3.76. The van der Waals surface area contributed by atoms with Gasteiger partial charge < -0.3 is 5.32 Å². The van der Waals surface area contributed by atoms with Crippen molar-refractivity contribution < 1.29 is 0 Å². The summed E-state index contributed by atoms with van der Waals surface area (Å²) in [7, 11) is 0. The van der Waals surface area contributed by atoms with E-state index in [0.29, 0.717) is 5.92 Å². The number of hydrogen-bond acceptors (Lipinski definition) is 1. The second-order valence-electron chi connectivity index (χ2n) is 6.55. The standard InChI is InChI=1S/C19H30BrN/c1-3-5-8-15(4-2)13-16(14-21-17-11-12-17)18-9-6-7-10-19(18)20/h6-7,9-10,15-17,21H,3-5,8,11-14H2,1-2H3. The molecular formula is C19H30BrN. The molecule has 21 heavy (non-hydrogen) atoms. The molecule has 1 saturated carbocycles. The maximum Gasteiger partial charge on any atom is 0.0210 e. The lowest BCUT2D eigenvalue weighted by molar-refractivity contribution is 0.375. The molecule has 1 fully saturated rings.